The molecule has 5 heteroatoms. The van der Waals surface area contributed by atoms with E-state index in [1.807, 2.05) is 0 Å². The molecular weight excluding hydrogens is 223 g/mol. The summed E-state index contributed by atoms with van der Waals surface area (Å²) in [6, 6.07) is 4.06. The van der Waals surface area contributed by atoms with E-state index in [-0.39, 0.29) is 24.2 Å². The molecule has 90 valence electrons. The topological polar surface area (TPSA) is 49.4 Å². The van der Waals surface area contributed by atoms with Crippen LogP contribution in [-0.2, 0) is 4.79 Å². The van der Waals surface area contributed by atoms with Gasteiger partial charge in [0.15, 0.2) is 0 Å². The SMILES string of the molecule is Cc1c(F)cccc1N1CC(C)C(=O)NC1=O. The van der Waals surface area contributed by atoms with E-state index in [1.165, 1.54) is 11.0 Å². The number of nitrogens with zero attached hydrogens (tertiary/aromatic N) is 1. The maximum Gasteiger partial charge on any atom is 0.328 e. The fraction of sp³-hybridized carbons (Fsp3) is 0.333. The summed E-state index contributed by atoms with van der Waals surface area (Å²) < 4.78 is 13.4. The Bertz CT molecular complexity index is 487. The smallest absolute Gasteiger partial charge is 0.293 e. The van der Waals surface area contributed by atoms with Gasteiger partial charge in [-0.15, -0.1) is 0 Å². The second-order valence-electron chi connectivity index (χ2n) is 4.19. The van der Waals surface area contributed by atoms with Gasteiger partial charge in [0.25, 0.3) is 0 Å². The lowest BCUT2D eigenvalue weighted by Crippen LogP contribution is -2.54. The average molecular weight is 236 g/mol. The number of rotatable bonds is 1. The number of anilines is 1. The summed E-state index contributed by atoms with van der Waals surface area (Å²) in [5.74, 6) is -0.949. The van der Waals surface area contributed by atoms with Gasteiger partial charge in [-0.05, 0) is 19.1 Å². The second kappa shape index (κ2) is 4.16. The van der Waals surface area contributed by atoms with Gasteiger partial charge in [0.2, 0.25) is 5.91 Å². The molecule has 0 radical (unpaired) electrons. The van der Waals surface area contributed by atoms with Crippen LogP contribution in [0, 0.1) is 18.7 Å². The average Bonchev–Trinajstić information content (AvgIpc) is 2.28. The Morgan fingerprint density at radius 1 is 1.41 bits per heavy atom. The van der Waals surface area contributed by atoms with Crippen molar-refractivity contribution in [1.29, 1.82) is 0 Å². The Labute approximate surface area is 98.4 Å². The van der Waals surface area contributed by atoms with Crippen molar-refractivity contribution in [3.05, 3.63) is 29.6 Å². The van der Waals surface area contributed by atoms with Crippen molar-refractivity contribution in [2.75, 3.05) is 11.4 Å². The number of benzene rings is 1. The minimum Gasteiger partial charge on any atom is -0.293 e. The van der Waals surface area contributed by atoms with Crippen molar-refractivity contribution in [3.8, 4) is 0 Å². The number of imide groups is 1. The Kier molecular flexibility index (Phi) is 2.83. The number of hydrogen-bond donors (Lipinski definition) is 1. The Morgan fingerprint density at radius 3 is 2.82 bits per heavy atom. The molecule has 3 amide bonds. The molecule has 0 aromatic heterocycles. The number of nitrogens with one attached hydrogen (secondary N) is 1. The van der Waals surface area contributed by atoms with Gasteiger partial charge in [-0.1, -0.05) is 13.0 Å². The van der Waals surface area contributed by atoms with Crippen LogP contribution in [-0.4, -0.2) is 18.5 Å². The van der Waals surface area contributed by atoms with Crippen molar-refractivity contribution >= 4 is 17.6 Å². The molecule has 4 nitrogen and oxygen atoms in total. The van der Waals surface area contributed by atoms with E-state index in [0.29, 0.717) is 11.3 Å². The highest BCUT2D eigenvalue weighted by atomic mass is 19.1. The number of urea groups is 1. The van der Waals surface area contributed by atoms with Crippen molar-refractivity contribution in [1.82, 2.24) is 5.32 Å². The second-order valence-corrected chi connectivity index (χ2v) is 4.19. The number of amides is 3. The molecule has 1 aromatic carbocycles. The van der Waals surface area contributed by atoms with Crippen LogP contribution in [0.2, 0.25) is 0 Å². The summed E-state index contributed by atoms with van der Waals surface area (Å²) >= 11 is 0. The van der Waals surface area contributed by atoms with Crippen molar-refractivity contribution < 1.29 is 14.0 Å². The molecule has 0 bridgehead atoms. The van der Waals surface area contributed by atoms with Crippen molar-refractivity contribution in [3.63, 3.8) is 0 Å². The van der Waals surface area contributed by atoms with Crippen molar-refractivity contribution in [2.24, 2.45) is 5.92 Å². The molecule has 0 spiro atoms. The third-order valence-electron chi connectivity index (χ3n) is 2.91. The van der Waals surface area contributed by atoms with E-state index in [9.17, 15) is 14.0 Å². The summed E-state index contributed by atoms with van der Waals surface area (Å²) in [5.41, 5.74) is 0.908. The van der Waals surface area contributed by atoms with Gasteiger partial charge in [0, 0.05) is 12.1 Å². The molecule has 2 rings (SSSR count). The summed E-state index contributed by atoms with van der Waals surface area (Å²) in [4.78, 5) is 24.4. The first kappa shape index (κ1) is 11.6. The van der Waals surface area contributed by atoms with E-state index in [2.05, 4.69) is 5.32 Å². The molecular formula is C12H13FN2O2. The van der Waals surface area contributed by atoms with Gasteiger partial charge < -0.3 is 0 Å². The summed E-state index contributed by atoms with van der Waals surface area (Å²) in [7, 11) is 0. The quantitative estimate of drug-likeness (QED) is 0.808. The molecule has 17 heavy (non-hydrogen) atoms. The maximum absolute atomic E-state index is 13.4. The molecule has 1 N–H and O–H groups in total. The van der Waals surface area contributed by atoms with Gasteiger partial charge in [-0.2, -0.15) is 0 Å². The number of hydrogen-bond acceptors (Lipinski definition) is 2. The third-order valence-corrected chi connectivity index (χ3v) is 2.91. The highest BCUT2D eigenvalue weighted by Crippen LogP contribution is 2.24. The molecule has 1 aromatic rings. The van der Waals surface area contributed by atoms with Gasteiger partial charge in [-0.25, -0.2) is 9.18 Å². The van der Waals surface area contributed by atoms with E-state index in [0.717, 1.165) is 0 Å². The Hall–Kier alpha value is -1.91. The van der Waals surface area contributed by atoms with E-state index >= 15 is 0 Å². The largest absolute Gasteiger partial charge is 0.328 e. The number of halogens is 1. The van der Waals surface area contributed by atoms with Crippen LogP contribution >= 0.6 is 0 Å². The fourth-order valence-electron chi connectivity index (χ4n) is 1.83. The molecule has 1 saturated heterocycles. The van der Waals surface area contributed by atoms with Crippen LogP contribution in [0.3, 0.4) is 0 Å². The lowest BCUT2D eigenvalue weighted by molar-refractivity contribution is -0.123. The minimum absolute atomic E-state index is 0.273. The minimum atomic E-state index is -0.498. The first-order valence-electron chi connectivity index (χ1n) is 5.38. The fourth-order valence-corrected chi connectivity index (χ4v) is 1.83. The van der Waals surface area contributed by atoms with Gasteiger partial charge in [0.1, 0.15) is 5.82 Å². The molecule has 1 aliphatic rings. The molecule has 1 fully saturated rings. The standard InChI is InChI=1S/C12H13FN2O2/c1-7-6-15(12(17)14-11(7)16)10-5-3-4-9(13)8(10)2/h3-5,7H,6H2,1-2H3,(H,14,16,17). The third kappa shape index (κ3) is 2.00. The van der Waals surface area contributed by atoms with Crippen LogP contribution in [0.1, 0.15) is 12.5 Å². The monoisotopic (exact) mass is 236 g/mol. The first-order chi connectivity index (χ1) is 8.00. The molecule has 1 atom stereocenters. The summed E-state index contributed by atoms with van der Waals surface area (Å²) in [6.45, 7) is 3.61. The first-order valence-corrected chi connectivity index (χ1v) is 5.38. The zero-order valence-electron chi connectivity index (χ0n) is 9.66. The number of carbonyl (C=O) groups excluding carboxylic acids is 2. The Balaban J connectivity index is 2.36. The van der Waals surface area contributed by atoms with Crippen LogP contribution in [0.25, 0.3) is 0 Å². The van der Waals surface area contributed by atoms with Gasteiger partial charge in [-0.3, -0.25) is 15.0 Å². The number of carbonyl (C=O) groups is 2. The molecule has 1 unspecified atom stereocenters. The van der Waals surface area contributed by atoms with Crippen LogP contribution in [0.4, 0.5) is 14.9 Å². The Morgan fingerprint density at radius 2 is 2.12 bits per heavy atom. The zero-order chi connectivity index (χ0) is 12.6. The predicted molar refractivity (Wildman–Crippen MR) is 61.2 cm³/mol. The van der Waals surface area contributed by atoms with E-state index < -0.39 is 6.03 Å². The molecule has 0 saturated carbocycles. The van der Waals surface area contributed by atoms with Gasteiger partial charge >= 0.3 is 6.03 Å². The van der Waals surface area contributed by atoms with Crippen LogP contribution < -0.4 is 10.2 Å². The normalized spacial score (nSPS) is 20.4. The van der Waals surface area contributed by atoms with Crippen LogP contribution in [0.15, 0.2) is 18.2 Å². The zero-order valence-corrected chi connectivity index (χ0v) is 9.66. The molecule has 1 aliphatic heterocycles. The van der Waals surface area contributed by atoms with Gasteiger partial charge in [0.05, 0.1) is 11.6 Å². The van der Waals surface area contributed by atoms with E-state index in [4.69, 9.17) is 0 Å². The highest BCUT2D eigenvalue weighted by Gasteiger charge is 2.30. The highest BCUT2D eigenvalue weighted by molar-refractivity contribution is 6.06. The predicted octanol–water partition coefficient (Wildman–Crippen LogP) is 1.83. The van der Waals surface area contributed by atoms with Crippen LogP contribution in [0.5, 0.6) is 0 Å². The molecule has 1 heterocycles. The maximum atomic E-state index is 13.4. The lowest BCUT2D eigenvalue weighted by atomic mass is 10.1. The summed E-state index contributed by atoms with van der Waals surface area (Å²) in [6.07, 6.45) is 0. The van der Waals surface area contributed by atoms with E-state index in [1.54, 1.807) is 26.0 Å². The lowest BCUT2D eigenvalue weighted by Gasteiger charge is -2.31. The summed E-state index contributed by atoms with van der Waals surface area (Å²) in [5, 5.41) is 2.25. The van der Waals surface area contributed by atoms with Crippen molar-refractivity contribution in [2.45, 2.75) is 13.8 Å². The molecule has 0 aliphatic carbocycles.